The van der Waals surface area contributed by atoms with Crippen molar-refractivity contribution >= 4 is 27.5 Å². The third-order valence-corrected chi connectivity index (χ3v) is 5.69. The molecule has 3 rings (SSSR count). The van der Waals surface area contributed by atoms with Gasteiger partial charge in [-0.3, -0.25) is 4.79 Å². The number of methoxy groups -OCH3 is 2. The second-order valence-corrected chi connectivity index (χ2v) is 7.91. The van der Waals surface area contributed by atoms with E-state index in [0.717, 1.165) is 28.0 Å². The van der Waals surface area contributed by atoms with Gasteiger partial charge in [0.25, 0.3) is 5.91 Å². The van der Waals surface area contributed by atoms with Gasteiger partial charge in [-0.15, -0.1) is 0 Å². The van der Waals surface area contributed by atoms with Crippen LogP contribution in [0, 0.1) is 0 Å². The van der Waals surface area contributed by atoms with Crippen LogP contribution in [-0.4, -0.2) is 24.7 Å². The highest BCUT2D eigenvalue weighted by atomic mass is 32.1. The van der Waals surface area contributed by atoms with Crippen molar-refractivity contribution in [2.45, 2.75) is 39.7 Å². The van der Waals surface area contributed by atoms with Crippen molar-refractivity contribution in [2.75, 3.05) is 14.2 Å². The van der Waals surface area contributed by atoms with E-state index in [1.807, 2.05) is 0 Å². The van der Waals surface area contributed by atoms with Crippen molar-refractivity contribution in [1.29, 1.82) is 0 Å². The molecule has 1 aromatic heterocycles. The smallest absolute Gasteiger partial charge is 0.279 e. The van der Waals surface area contributed by atoms with Crippen LogP contribution in [0.2, 0.25) is 0 Å². The molecular weight excluding hydrogens is 372 g/mol. The van der Waals surface area contributed by atoms with E-state index in [0.29, 0.717) is 23.0 Å². The summed E-state index contributed by atoms with van der Waals surface area (Å²) in [5.74, 6) is 1.27. The third-order valence-electron chi connectivity index (χ3n) is 4.65. The summed E-state index contributed by atoms with van der Waals surface area (Å²) in [6, 6.07) is 11.6. The molecule has 0 radical (unpaired) electrons. The van der Waals surface area contributed by atoms with Gasteiger partial charge in [0.2, 0.25) is 0 Å². The van der Waals surface area contributed by atoms with Gasteiger partial charge < -0.3 is 14.0 Å². The zero-order valence-electron chi connectivity index (χ0n) is 17.0. The molecule has 0 aliphatic rings. The van der Waals surface area contributed by atoms with Crippen LogP contribution in [0.4, 0.5) is 0 Å². The Morgan fingerprint density at radius 2 is 1.86 bits per heavy atom. The summed E-state index contributed by atoms with van der Waals surface area (Å²) >= 11 is 1.56. The molecule has 1 heterocycles. The topological polar surface area (TPSA) is 52.8 Å². The predicted octanol–water partition coefficient (Wildman–Crippen LogP) is 4.99. The van der Waals surface area contributed by atoms with E-state index in [9.17, 15) is 4.79 Å². The molecule has 3 aromatic rings. The van der Waals surface area contributed by atoms with E-state index in [-0.39, 0.29) is 5.91 Å². The number of amides is 1. The number of carbonyl (C=O) groups excluding carboxylic acids is 1. The van der Waals surface area contributed by atoms with Crippen LogP contribution < -0.4 is 14.3 Å². The van der Waals surface area contributed by atoms with Crippen LogP contribution in [-0.2, 0) is 6.54 Å². The molecule has 1 amide bonds. The van der Waals surface area contributed by atoms with Crippen LogP contribution in [0.15, 0.2) is 41.4 Å². The molecule has 0 aliphatic carbocycles. The molecule has 6 heteroatoms. The summed E-state index contributed by atoms with van der Waals surface area (Å²) in [7, 11) is 3.12. The molecule has 148 valence electrons. The van der Waals surface area contributed by atoms with Gasteiger partial charge in [0.15, 0.2) is 16.3 Å². The highest BCUT2D eigenvalue weighted by molar-refractivity contribution is 7.16. The first-order valence-electron chi connectivity index (χ1n) is 9.42. The summed E-state index contributed by atoms with van der Waals surface area (Å²) in [6.45, 7) is 7.31. The number of ether oxygens (including phenoxy) is 2. The molecule has 0 spiro atoms. The van der Waals surface area contributed by atoms with Crippen molar-refractivity contribution in [3.63, 3.8) is 0 Å². The van der Waals surface area contributed by atoms with Gasteiger partial charge in [0.05, 0.1) is 24.4 Å². The molecule has 5 nitrogen and oxygen atoms in total. The van der Waals surface area contributed by atoms with E-state index in [1.165, 1.54) is 5.56 Å². The minimum Gasteiger partial charge on any atom is -0.493 e. The van der Waals surface area contributed by atoms with Crippen LogP contribution in [0.25, 0.3) is 10.2 Å². The fraction of sp³-hybridized carbons (Fsp3) is 0.364. The van der Waals surface area contributed by atoms with E-state index >= 15 is 0 Å². The number of hydrogen-bond donors (Lipinski definition) is 0. The molecular formula is C22H26N2O3S. The van der Waals surface area contributed by atoms with Crippen molar-refractivity contribution in [1.82, 2.24) is 4.57 Å². The monoisotopic (exact) mass is 398 g/mol. The Bertz CT molecular complexity index is 1060. The van der Waals surface area contributed by atoms with Gasteiger partial charge in [0.1, 0.15) is 0 Å². The van der Waals surface area contributed by atoms with Crippen LogP contribution in [0.5, 0.6) is 11.5 Å². The molecule has 0 N–H and O–H groups in total. The van der Waals surface area contributed by atoms with Gasteiger partial charge >= 0.3 is 0 Å². The number of thiazole rings is 1. The van der Waals surface area contributed by atoms with E-state index in [4.69, 9.17) is 9.47 Å². The van der Waals surface area contributed by atoms with Crippen LogP contribution >= 0.6 is 11.3 Å². The van der Waals surface area contributed by atoms with Gasteiger partial charge in [-0.25, -0.2) is 0 Å². The zero-order valence-corrected chi connectivity index (χ0v) is 17.8. The predicted molar refractivity (Wildman–Crippen MR) is 114 cm³/mol. The summed E-state index contributed by atoms with van der Waals surface area (Å²) in [6.07, 6.45) is 0.968. The molecule has 0 atom stereocenters. The maximum absolute atomic E-state index is 12.8. The molecule has 28 heavy (non-hydrogen) atoms. The first-order chi connectivity index (χ1) is 13.5. The van der Waals surface area contributed by atoms with Crippen molar-refractivity contribution in [2.24, 2.45) is 4.99 Å². The molecule has 2 aromatic carbocycles. The SMILES string of the molecule is CCCn1c(=NC(=O)c2ccc(OC)c(OC)c2)sc2cc(C(C)C)ccc21. The maximum Gasteiger partial charge on any atom is 0.279 e. The maximum atomic E-state index is 12.8. The van der Waals surface area contributed by atoms with E-state index < -0.39 is 0 Å². The van der Waals surface area contributed by atoms with Gasteiger partial charge in [0, 0.05) is 12.1 Å². The normalized spacial score (nSPS) is 12.0. The van der Waals surface area contributed by atoms with Crippen LogP contribution in [0.1, 0.15) is 49.0 Å². The lowest BCUT2D eigenvalue weighted by molar-refractivity contribution is 0.0997. The molecule has 0 fully saturated rings. The first kappa shape index (κ1) is 20.1. The van der Waals surface area contributed by atoms with Gasteiger partial charge in [-0.2, -0.15) is 4.99 Å². The third kappa shape index (κ3) is 3.97. The Hall–Kier alpha value is -2.60. The number of fused-ring (bicyclic) bond motifs is 1. The van der Waals surface area contributed by atoms with E-state index in [1.54, 1.807) is 43.8 Å². The second-order valence-electron chi connectivity index (χ2n) is 6.90. The summed E-state index contributed by atoms with van der Waals surface area (Å²) in [4.78, 5) is 18.0. The lowest BCUT2D eigenvalue weighted by Gasteiger charge is -2.08. The molecule has 0 aliphatic heterocycles. The van der Waals surface area contributed by atoms with Crippen molar-refractivity contribution in [3.8, 4) is 11.5 Å². The average molecular weight is 399 g/mol. The summed E-state index contributed by atoms with van der Waals surface area (Å²) in [5.41, 5.74) is 2.88. The van der Waals surface area contributed by atoms with Gasteiger partial charge in [-0.1, -0.05) is 38.2 Å². The number of hydrogen-bond acceptors (Lipinski definition) is 4. The highest BCUT2D eigenvalue weighted by Gasteiger charge is 2.13. The molecule has 0 unspecified atom stereocenters. The van der Waals surface area contributed by atoms with Crippen molar-refractivity contribution in [3.05, 3.63) is 52.3 Å². The molecule has 0 saturated carbocycles. The number of nitrogens with zero attached hydrogens (tertiary/aromatic N) is 2. The fourth-order valence-corrected chi connectivity index (χ4v) is 4.20. The Morgan fingerprint density at radius 1 is 1.11 bits per heavy atom. The Balaban J connectivity index is 2.09. The number of rotatable bonds is 6. The molecule has 0 saturated heterocycles. The summed E-state index contributed by atoms with van der Waals surface area (Å²) in [5, 5.41) is 0. The second kappa shape index (κ2) is 8.61. The Kier molecular flexibility index (Phi) is 6.19. The lowest BCUT2D eigenvalue weighted by atomic mass is 10.0. The number of benzene rings is 2. The number of aromatic nitrogens is 1. The molecule has 0 bridgehead atoms. The quantitative estimate of drug-likeness (QED) is 0.587. The number of aryl methyl sites for hydroxylation is 1. The van der Waals surface area contributed by atoms with Crippen LogP contribution in [0.3, 0.4) is 0 Å². The zero-order chi connectivity index (χ0) is 20.3. The number of carbonyl (C=O) groups is 1. The fourth-order valence-electron chi connectivity index (χ4n) is 3.09. The Labute approximate surface area is 169 Å². The Morgan fingerprint density at radius 3 is 2.50 bits per heavy atom. The van der Waals surface area contributed by atoms with Gasteiger partial charge in [-0.05, 0) is 48.2 Å². The average Bonchev–Trinajstić information content (AvgIpc) is 3.03. The lowest BCUT2D eigenvalue weighted by Crippen LogP contribution is -2.16. The summed E-state index contributed by atoms with van der Waals surface area (Å²) < 4.78 is 13.8. The standard InChI is InChI=1S/C22H26N2O3S/c1-6-11-24-17-9-7-15(14(2)3)13-20(17)28-22(24)23-21(25)16-8-10-18(26-4)19(12-16)27-5/h7-10,12-14H,6,11H2,1-5H3. The first-order valence-corrected chi connectivity index (χ1v) is 10.2. The largest absolute Gasteiger partial charge is 0.493 e. The van der Waals surface area contributed by atoms with E-state index in [2.05, 4.69) is 48.5 Å². The highest BCUT2D eigenvalue weighted by Crippen LogP contribution is 2.28. The van der Waals surface area contributed by atoms with Crippen molar-refractivity contribution < 1.29 is 14.3 Å². The minimum absolute atomic E-state index is 0.290. The minimum atomic E-state index is -0.290.